The van der Waals surface area contributed by atoms with E-state index in [1.165, 1.54) is 0 Å². The smallest absolute Gasteiger partial charge is 0.234 e. The minimum Gasteiger partial charge on any atom is -0.497 e. The zero-order valence-electron chi connectivity index (χ0n) is 16.0. The van der Waals surface area contributed by atoms with Gasteiger partial charge in [0.1, 0.15) is 11.5 Å². The molecule has 0 N–H and O–H groups in total. The fraction of sp³-hybridized carbons (Fsp3) is 0.217. The molecule has 0 saturated carbocycles. The first-order valence-electron chi connectivity index (χ1n) is 9.25. The molecule has 1 aliphatic rings. The number of carbonyl (C=O) groups excluding carboxylic acids is 1. The van der Waals surface area contributed by atoms with Crippen LogP contribution in [0.2, 0.25) is 0 Å². The number of carbonyl (C=O) groups is 1. The first-order chi connectivity index (χ1) is 13.7. The van der Waals surface area contributed by atoms with Crippen molar-refractivity contribution in [3.8, 4) is 22.6 Å². The van der Waals surface area contributed by atoms with E-state index in [2.05, 4.69) is 4.98 Å². The van der Waals surface area contributed by atoms with E-state index in [9.17, 15) is 4.79 Å². The summed E-state index contributed by atoms with van der Waals surface area (Å²) >= 11 is 0. The van der Waals surface area contributed by atoms with Crippen LogP contribution in [-0.4, -0.2) is 31.7 Å². The molecule has 2 aromatic carbocycles. The molecule has 0 aliphatic carbocycles. The summed E-state index contributed by atoms with van der Waals surface area (Å²) in [5, 5.41) is 0. The van der Waals surface area contributed by atoms with E-state index in [1.54, 1.807) is 26.6 Å². The number of aromatic nitrogens is 1. The molecule has 5 nitrogen and oxygen atoms in total. The lowest BCUT2D eigenvalue weighted by Crippen LogP contribution is -2.26. The van der Waals surface area contributed by atoms with Crippen molar-refractivity contribution in [1.29, 1.82) is 0 Å². The van der Waals surface area contributed by atoms with Crippen molar-refractivity contribution in [2.24, 2.45) is 0 Å². The predicted octanol–water partition coefficient (Wildman–Crippen LogP) is 4.29. The Balaban J connectivity index is 1.62. The molecule has 1 fully saturated rings. The zero-order chi connectivity index (χ0) is 19.5. The van der Waals surface area contributed by atoms with E-state index in [0.717, 1.165) is 40.3 Å². The van der Waals surface area contributed by atoms with Crippen LogP contribution in [0.5, 0.6) is 11.5 Å². The van der Waals surface area contributed by atoms with E-state index in [1.807, 2.05) is 59.5 Å². The van der Waals surface area contributed by atoms with Gasteiger partial charge in [0.25, 0.3) is 0 Å². The Bertz CT molecular complexity index is 988. The van der Waals surface area contributed by atoms with E-state index >= 15 is 0 Å². The van der Waals surface area contributed by atoms with Crippen molar-refractivity contribution in [3.05, 3.63) is 72.6 Å². The summed E-state index contributed by atoms with van der Waals surface area (Å²) in [4.78, 5) is 19.0. The van der Waals surface area contributed by atoms with Gasteiger partial charge >= 0.3 is 0 Å². The van der Waals surface area contributed by atoms with Gasteiger partial charge in [0.05, 0.1) is 20.1 Å². The Morgan fingerprint density at radius 3 is 2.57 bits per heavy atom. The first kappa shape index (κ1) is 18.0. The zero-order valence-corrected chi connectivity index (χ0v) is 16.0. The molecule has 0 spiro atoms. The Kier molecular flexibility index (Phi) is 4.98. The number of benzene rings is 2. The second-order valence-corrected chi connectivity index (χ2v) is 6.73. The number of amides is 1. The number of rotatable bonds is 5. The Hall–Kier alpha value is -3.34. The highest BCUT2D eigenvalue weighted by molar-refractivity contribution is 6.00. The average molecular weight is 374 g/mol. The molecule has 1 saturated heterocycles. The Morgan fingerprint density at radius 1 is 1.00 bits per heavy atom. The van der Waals surface area contributed by atoms with Crippen LogP contribution in [0.15, 0.2) is 67.0 Å². The van der Waals surface area contributed by atoms with Crippen LogP contribution in [0.3, 0.4) is 0 Å². The van der Waals surface area contributed by atoms with Crippen molar-refractivity contribution in [1.82, 2.24) is 4.98 Å². The highest BCUT2D eigenvalue weighted by Crippen LogP contribution is 2.37. The quantitative estimate of drug-likeness (QED) is 0.669. The Labute approximate surface area is 164 Å². The predicted molar refractivity (Wildman–Crippen MR) is 109 cm³/mol. The van der Waals surface area contributed by atoms with Gasteiger partial charge in [-0.2, -0.15) is 0 Å². The summed E-state index contributed by atoms with van der Waals surface area (Å²) in [5.74, 6) is 1.46. The number of ether oxygens (including phenoxy) is 2. The number of nitrogens with zero attached hydrogens (tertiary/aromatic N) is 2. The minimum absolute atomic E-state index is 0.104. The summed E-state index contributed by atoms with van der Waals surface area (Å²) in [6.07, 6.45) is 4.29. The summed E-state index contributed by atoms with van der Waals surface area (Å²) in [6.45, 7) is 0.679. The second kappa shape index (κ2) is 7.72. The molecular formula is C23H22N2O3. The van der Waals surface area contributed by atoms with Crippen LogP contribution in [-0.2, 0) is 4.79 Å². The Morgan fingerprint density at radius 2 is 1.82 bits per heavy atom. The summed E-state index contributed by atoms with van der Waals surface area (Å²) in [6, 6.07) is 17.5. The first-order valence-corrected chi connectivity index (χ1v) is 9.25. The van der Waals surface area contributed by atoms with Crippen LogP contribution in [0.4, 0.5) is 5.69 Å². The molecule has 3 aromatic rings. The van der Waals surface area contributed by atoms with Gasteiger partial charge in [-0.15, -0.1) is 0 Å². The molecule has 1 atom stereocenters. The molecule has 0 radical (unpaired) electrons. The maximum absolute atomic E-state index is 13.1. The van der Waals surface area contributed by atoms with Crippen molar-refractivity contribution < 1.29 is 14.3 Å². The lowest BCUT2D eigenvalue weighted by molar-refractivity contribution is -0.118. The minimum atomic E-state index is -0.152. The highest BCUT2D eigenvalue weighted by atomic mass is 16.5. The number of anilines is 1. The van der Waals surface area contributed by atoms with E-state index in [-0.39, 0.29) is 11.8 Å². The topological polar surface area (TPSA) is 51.7 Å². The molecular weight excluding hydrogens is 352 g/mol. The molecule has 4 rings (SSSR count). The summed E-state index contributed by atoms with van der Waals surface area (Å²) < 4.78 is 10.9. The largest absolute Gasteiger partial charge is 0.497 e. The van der Waals surface area contributed by atoms with E-state index < -0.39 is 0 Å². The third kappa shape index (κ3) is 3.31. The van der Waals surface area contributed by atoms with Gasteiger partial charge in [-0.3, -0.25) is 9.78 Å². The van der Waals surface area contributed by atoms with Crippen LogP contribution in [0.25, 0.3) is 11.1 Å². The normalized spacial score (nSPS) is 16.3. The molecule has 142 valence electrons. The molecule has 28 heavy (non-hydrogen) atoms. The van der Waals surface area contributed by atoms with Crippen LogP contribution >= 0.6 is 0 Å². The van der Waals surface area contributed by atoms with Gasteiger partial charge < -0.3 is 14.4 Å². The lowest BCUT2D eigenvalue weighted by atomic mass is 9.97. The SMILES string of the molecule is COc1cccc([C@@H]2CCN(c3ccc(-c4ccncc4)c(OC)c3)C2=O)c1. The fourth-order valence-corrected chi connectivity index (χ4v) is 3.72. The maximum atomic E-state index is 13.1. The standard InChI is InChI=1S/C23H22N2O3/c1-27-19-5-3-4-17(14-19)21-10-13-25(23(21)26)18-6-7-20(22(15-18)28-2)16-8-11-24-12-9-16/h3-9,11-12,14-15,21H,10,13H2,1-2H3/t21-/m0/s1. The van der Waals surface area contributed by atoms with Crippen LogP contribution in [0.1, 0.15) is 17.9 Å². The van der Waals surface area contributed by atoms with Crippen LogP contribution < -0.4 is 14.4 Å². The average Bonchev–Trinajstić information content (AvgIpc) is 3.15. The summed E-state index contributed by atoms with van der Waals surface area (Å²) in [7, 11) is 3.28. The van der Waals surface area contributed by atoms with Gasteiger partial charge in [0.2, 0.25) is 5.91 Å². The number of hydrogen-bond acceptors (Lipinski definition) is 4. The highest BCUT2D eigenvalue weighted by Gasteiger charge is 2.34. The van der Waals surface area contributed by atoms with Crippen LogP contribution in [0, 0.1) is 0 Å². The van der Waals surface area contributed by atoms with E-state index in [4.69, 9.17) is 9.47 Å². The van der Waals surface area contributed by atoms with Gasteiger partial charge in [-0.05, 0) is 53.9 Å². The van der Waals surface area contributed by atoms with Crippen molar-refractivity contribution in [3.63, 3.8) is 0 Å². The molecule has 2 heterocycles. The van der Waals surface area contributed by atoms with Gasteiger partial charge in [-0.1, -0.05) is 12.1 Å². The van der Waals surface area contributed by atoms with Crippen molar-refractivity contribution in [2.45, 2.75) is 12.3 Å². The molecule has 1 amide bonds. The molecule has 5 heteroatoms. The van der Waals surface area contributed by atoms with Gasteiger partial charge in [0.15, 0.2) is 0 Å². The van der Waals surface area contributed by atoms with Gasteiger partial charge in [0, 0.05) is 36.3 Å². The molecule has 1 aliphatic heterocycles. The van der Waals surface area contributed by atoms with Crippen molar-refractivity contribution in [2.75, 3.05) is 25.7 Å². The molecule has 1 aromatic heterocycles. The fourth-order valence-electron chi connectivity index (χ4n) is 3.72. The maximum Gasteiger partial charge on any atom is 0.234 e. The second-order valence-electron chi connectivity index (χ2n) is 6.73. The lowest BCUT2D eigenvalue weighted by Gasteiger charge is -2.19. The number of hydrogen-bond donors (Lipinski definition) is 0. The van der Waals surface area contributed by atoms with Crippen molar-refractivity contribution >= 4 is 11.6 Å². The number of methoxy groups -OCH3 is 2. The van der Waals surface area contributed by atoms with Gasteiger partial charge in [-0.25, -0.2) is 0 Å². The molecule has 0 unspecified atom stereocenters. The third-order valence-corrected chi connectivity index (χ3v) is 5.19. The molecule has 0 bridgehead atoms. The summed E-state index contributed by atoms with van der Waals surface area (Å²) in [5.41, 5.74) is 3.85. The number of pyridine rings is 1. The van der Waals surface area contributed by atoms with E-state index in [0.29, 0.717) is 6.54 Å². The monoisotopic (exact) mass is 374 g/mol. The third-order valence-electron chi connectivity index (χ3n) is 5.19.